The lowest BCUT2D eigenvalue weighted by Crippen LogP contribution is -2.44. The summed E-state index contributed by atoms with van der Waals surface area (Å²) in [6.45, 7) is 1.15. The number of hydrogen-bond acceptors (Lipinski definition) is 4. The van der Waals surface area contributed by atoms with Crippen LogP contribution >= 0.6 is 11.6 Å². The zero-order valence-electron chi connectivity index (χ0n) is 11.6. The second-order valence-electron chi connectivity index (χ2n) is 5.15. The zero-order valence-corrected chi connectivity index (χ0v) is 12.4. The number of nitro benzene ring substituents is 1. The van der Waals surface area contributed by atoms with Crippen LogP contribution in [0.15, 0.2) is 18.2 Å². The number of non-ortho nitro benzene ring substituents is 1. The van der Waals surface area contributed by atoms with Gasteiger partial charge in [0, 0.05) is 24.7 Å². The molecule has 2 N–H and O–H groups in total. The van der Waals surface area contributed by atoms with Crippen molar-refractivity contribution in [3.05, 3.63) is 38.9 Å². The zero-order chi connectivity index (χ0) is 15.4. The average Bonchev–Trinajstić information content (AvgIpc) is 2.47. The van der Waals surface area contributed by atoms with Crippen molar-refractivity contribution in [3.63, 3.8) is 0 Å². The van der Waals surface area contributed by atoms with Gasteiger partial charge in [-0.05, 0) is 38.3 Å². The Morgan fingerprint density at radius 2 is 2.24 bits per heavy atom. The van der Waals surface area contributed by atoms with E-state index in [2.05, 4.69) is 0 Å². The summed E-state index contributed by atoms with van der Waals surface area (Å²) in [7, 11) is 0. The van der Waals surface area contributed by atoms with Gasteiger partial charge in [0.15, 0.2) is 0 Å². The van der Waals surface area contributed by atoms with E-state index in [9.17, 15) is 14.9 Å². The largest absolute Gasteiger partial charge is 0.336 e. The molecule has 0 spiro atoms. The first-order valence-corrected chi connectivity index (χ1v) is 7.37. The molecule has 1 aliphatic heterocycles. The fraction of sp³-hybridized carbons (Fsp3) is 0.500. The van der Waals surface area contributed by atoms with Crippen LogP contribution in [0.3, 0.4) is 0 Å². The van der Waals surface area contributed by atoms with Gasteiger partial charge in [-0.15, -0.1) is 0 Å². The molecule has 2 rings (SSSR count). The molecular formula is C14H18ClN3O3. The van der Waals surface area contributed by atoms with Crippen LogP contribution in [0.1, 0.15) is 36.0 Å². The number of benzene rings is 1. The van der Waals surface area contributed by atoms with Gasteiger partial charge in [-0.2, -0.15) is 0 Å². The topological polar surface area (TPSA) is 89.5 Å². The number of carbonyl (C=O) groups is 1. The summed E-state index contributed by atoms with van der Waals surface area (Å²) in [6, 6.07) is 4.03. The van der Waals surface area contributed by atoms with E-state index in [4.69, 9.17) is 17.3 Å². The van der Waals surface area contributed by atoms with Crippen LogP contribution in [0.5, 0.6) is 0 Å². The molecule has 0 saturated carbocycles. The highest BCUT2D eigenvalue weighted by atomic mass is 35.5. The summed E-state index contributed by atoms with van der Waals surface area (Å²) in [5, 5.41) is 11.1. The molecule has 1 saturated heterocycles. The van der Waals surface area contributed by atoms with Crippen molar-refractivity contribution in [1.82, 2.24) is 4.90 Å². The Hall–Kier alpha value is -1.66. The number of hydrogen-bond donors (Lipinski definition) is 1. The lowest BCUT2D eigenvalue weighted by molar-refractivity contribution is -0.384. The van der Waals surface area contributed by atoms with E-state index in [1.165, 1.54) is 18.2 Å². The second kappa shape index (κ2) is 6.87. The van der Waals surface area contributed by atoms with Crippen molar-refractivity contribution in [1.29, 1.82) is 0 Å². The van der Waals surface area contributed by atoms with E-state index in [0.29, 0.717) is 13.1 Å². The van der Waals surface area contributed by atoms with Gasteiger partial charge in [0.1, 0.15) is 0 Å². The molecule has 1 atom stereocenters. The number of likely N-dealkylation sites (tertiary alicyclic amines) is 1. The standard InChI is InChI=1S/C14H18ClN3O3/c15-13-5-4-11(18(20)21)9-12(13)14(19)17-8-2-1-3-10(17)6-7-16/h4-5,9-10H,1-3,6-8,16H2. The monoisotopic (exact) mass is 311 g/mol. The number of nitrogens with zero attached hydrogens (tertiary/aromatic N) is 2. The highest BCUT2D eigenvalue weighted by Gasteiger charge is 2.28. The Labute approximate surface area is 128 Å². The Balaban J connectivity index is 2.29. The number of piperidine rings is 1. The fourth-order valence-corrected chi connectivity index (χ4v) is 2.90. The molecule has 1 amide bonds. The number of rotatable bonds is 4. The van der Waals surface area contributed by atoms with Crippen LogP contribution in [0.2, 0.25) is 5.02 Å². The third-order valence-corrected chi connectivity index (χ3v) is 4.11. The molecule has 0 bridgehead atoms. The number of nitrogens with two attached hydrogens (primary N) is 1. The first-order valence-electron chi connectivity index (χ1n) is 6.99. The summed E-state index contributed by atoms with van der Waals surface area (Å²) in [4.78, 5) is 24.7. The van der Waals surface area contributed by atoms with Gasteiger partial charge in [-0.1, -0.05) is 11.6 Å². The predicted molar refractivity (Wildman–Crippen MR) is 80.5 cm³/mol. The van der Waals surface area contributed by atoms with Gasteiger partial charge in [0.05, 0.1) is 15.5 Å². The van der Waals surface area contributed by atoms with Crippen molar-refractivity contribution in [2.75, 3.05) is 13.1 Å². The minimum atomic E-state index is -0.527. The molecule has 114 valence electrons. The maximum atomic E-state index is 12.7. The molecule has 1 aromatic carbocycles. The minimum absolute atomic E-state index is 0.0894. The molecule has 1 heterocycles. The van der Waals surface area contributed by atoms with E-state index >= 15 is 0 Å². The fourth-order valence-electron chi connectivity index (χ4n) is 2.71. The van der Waals surface area contributed by atoms with Crippen LogP contribution in [0, 0.1) is 10.1 Å². The average molecular weight is 312 g/mol. The summed E-state index contributed by atoms with van der Waals surface area (Å²) in [5.41, 5.74) is 5.66. The molecule has 21 heavy (non-hydrogen) atoms. The van der Waals surface area contributed by atoms with Crippen molar-refractivity contribution in [3.8, 4) is 0 Å². The minimum Gasteiger partial charge on any atom is -0.336 e. The quantitative estimate of drug-likeness (QED) is 0.683. The predicted octanol–water partition coefficient (Wildman–Crippen LogP) is 2.59. The van der Waals surface area contributed by atoms with E-state index in [1.54, 1.807) is 4.90 Å². The molecule has 1 aliphatic rings. The smallest absolute Gasteiger partial charge is 0.270 e. The summed E-state index contributed by atoms with van der Waals surface area (Å²) in [6.07, 6.45) is 3.64. The summed E-state index contributed by atoms with van der Waals surface area (Å²) >= 11 is 6.04. The molecule has 6 nitrogen and oxygen atoms in total. The van der Waals surface area contributed by atoms with Crippen molar-refractivity contribution in [2.24, 2.45) is 5.73 Å². The highest BCUT2D eigenvalue weighted by Crippen LogP contribution is 2.27. The van der Waals surface area contributed by atoms with Gasteiger partial charge >= 0.3 is 0 Å². The summed E-state index contributed by atoms with van der Waals surface area (Å²) < 4.78 is 0. The number of carbonyl (C=O) groups excluding carboxylic acids is 1. The number of amides is 1. The maximum Gasteiger partial charge on any atom is 0.270 e. The normalized spacial score (nSPS) is 18.6. The lowest BCUT2D eigenvalue weighted by Gasteiger charge is -2.35. The van der Waals surface area contributed by atoms with Crippen LogP contribution < -0.4 is 5.73 Å². The number of halogens is 1. The van der Waals surface area contributed by atoms with Gasteiger partial charge in [-0.3, -0.25) is 14.9 Å². The van der Waals surface area contributed by atoms with E-state index in [0.717, 1.165) is 25.7 Å². The van der Waals surface area contributed by atoms with Crippen LogP contribution in [0.25, 0.3) is 0 Å². The number of nitro groups is 1. The van der Waals surface area contributed by atoms with E-state index in [-0.39, 0.29) is 28.2 Å². The molecule has 0 aromatic heterocycles. The Morgan fingerprint density at radius 3 is 2.90 bits per heavy atom. The highest BCUT2D eigenvalue weighted by molar-refractivity contribution is 6.33. The molecule has 0 aliphatic carbocycles. The second-order valence-corrected chi connectivity index (χ2v) is 5.55. The maximum absolute atomic E-state index is 12.7. The first kappa shape index (κ1) is 15.7. The van der Waals surface area contributed by atoms with Crippen LogP contribution in [0.4, 0.5) is 5.69 Å². The van der Waals surface area contributed by atoms with Gasteiger partial charge in [-0.25, -0.2) is 0 Å². The Kier molecular flexibility index (Phi) is 5.14. The Bertz CT molecular complexity index is 548. The molecular weight excluding hydrogens is 294 g/mol. The van der Waals surface area contributed by atoms with E-state index < -0.39 is 4.92 Å². The third kappa shape index (κ3) is 3.51. The van der Waals surface area contributed by atoms with E-state index in [1.807, 2.05) is 0 Å². The van der Waals surface area contributed by atoms with Crippen LogP contribution in [-0.4, -0.2) is 34.9 Å². The molecule has 7 heteroatoms. The van der Waals surface area contributed by atoms with Gasteiger partial charge in [0.25, 0.3) is 11.6 Å². The molecule has 0 radical (unpaired) electrons. The molecule has 1 aromatic rings. The SMILES string of the molecule is NCCC1CCCCN1C(=O)c1cc([N+](=O)[O-])ccc1Cl. The molecule has 1 unspecified atom stereocenters. The summed E-state index contributed by atoms with van der Waals surface area (Å²) in [5.74, 6) is -0.248. The van der Waals surface area contributed by atoms with Crippen molar-refractivity contribution in [2.45, 2.75) is 31.7 Å². The van der Waals surface area contributed by atoms with Gasteiger partial charge < -0.3 is 10.6 Å². The van der Waals surface area contributed by atoms with Crippen molar-refractivity contribution < 1.29 is 9.72 Å². The van der Waals surface area contributed by atoms with Gasteiger partial charge in [0.2, 0.25) is 0 Å². The van der Waals surface area contributed by atoms with Crippen LogP contribution in [-0.2, 0) is 0 Å². The molecule has 1 fully saturated rings. The first-order chi connectivity index (χ1) is 10.0. The lowest BCUT2D eigenvalue weighted by atomic mass is 9.98. The third-order valence-electron chi connectivity index (χ3n) is 3.78. The van der Waals surface area contributed by atoms with Crippen molar-refractivity contribution >= 4 is 23.2 Å². The Morgan fingerprint density at radius 1 is 1.48 bits per heavy atom.